The molecule has 9 aromatic carbocycles. The van der Waals surface area contributed by atoms with Crippen LogP contribution in [0, 0.1) is 20.8 Å². The molecule has 1 aromatic heterocycles. The van der Waals surface area contributed by atoms with Crippen LogP contribution in [0.1, 0.15) is 89.9 Å². The fourth-order valence-electron chi connectivity index (χ4n) is 13.1. The van der Waals surface area contributed by atoms with Crippen molar-refractivity contribution in [3.8, 4) is 44.5 Å². The zero-order valence-electron chi connectivity index (χ0n) is 42.9. The Labute approximate surface area is 435 Å². The maximum absolute atomic E-state index is 2.68. The van der Waals surface area contributed by atoms with Gasteiger partial charge in [0.05, 0.1) is 11.1 Å². The highest BCUT2D eigenvalue weighted by molar-refractivity contribution is 7.30. The predicted molar refractivity (Wildman–Crippen MR) is 313 cm³/mol. The van der Waals surface area contributed by atoms with Gasteiger partial charge in [0.1, 0.15) is 0 Å². The summed E-state index contributed by atoms with van der Waals surface area (Å²) in [5, 5.41) is 0. The van der Waals surface area contributed by atoms with Crippen LogP contribution in [0.5, 0.6) is 0 Å². The third kappa shape index (κ3) is 6.29. The van der Waals surface area contributed by atoms with Crippen molar-refractivity contribution in [2.75, 3.05) is 9.80 Å². The summed E-state index contributed by atoms with van der Waals surface area (Å²) in [5.74, 6) is 0.386. The van der Waals surface area contributed by atoms with Gasteiger partial charge in [-0.1, -0.05) is 197 Å². The third-order valence-corrected chi connectivity index (χ3v) is 17.9. The SMILES string of the molecule is Cc1ccc(N2c3cc(-c4cc(C)ccc4-c4ccccc4)ccc3B3c4sc5c(c4N(c4ccc(C(C)(C)C)cc4)c4cc(C)cc2c43)-c2ccc(C(C)C)cc2C52c3ccccc3-c3ccccc32)cc1. The van der Waals surface area contributed by atoms with Crippen LogP contribution in [0.25, 0.3) is 44.5 Å². The minimum Gasteiger partial charge on any atom is -0.311 e. The smallest absolute Gasteiger partial charge is 0.264 e. The number of thiophene rings is 1. The van der Waals surface area contributed by atoms with Gasteiger partial charge in [0.15, 0.2) is 0 Å². The van der Waals surface area contributed by atoms with E-state index in [-0.39, 0.29) is 12.1 Å². The summed E-state index contributed by atoms with van der Waals surface area (Å²) in [7, 11) is 0. The standard InChI is InChI=1S/C69H57BN2S/c1-41(2)46-25-34-54-58(39-46)69(56-20-14-12-18-52(56)53-19-13-15-21-57(53)69)66-63(54)65-67(73-66)70-59-35-26-47(55-36-43(4)24-33-51(55)45-16-10-9-11-17-45)40-60(59)71(49-29-22-42(3)23-30-49)61-37-44(5)38-62(64(61)70)72(65)50-31-27-48(28-32-50)68(6,7)8/h9-41H,1-8H3. The van der Waals surface area contributed by atoms with Crippen molar-refractivity contribution >= 4 is 67.9 Å². The number of fused-ring (bicyclic) bond motifs is 15. The van der Waals surface area contributed by atoms with Crippen molar-refractivity contribution in [1.82, 2.24) is 0 Å². The van der Waals surface area contributed by atoms with E-state index >= 15 is 0 Å². The van der Waals surface area contributed by atoms with Gasteiger partial charge >= 0.3 is 0 Å². The van der Waals surface area contributed by atoms with E-state index in [4.69, 9.17) is 0 Å². The van der Waals surface area contributed by atoms with Gasteiger partial charge in [-0.2, -0.15) is 0 Å². The summed E-state index contributed by atoms with van der Waals surface area (Å²) >= 11 is 2.07. The van der Waals surface area contributed by atoms with Gasteiger partial charge in [-0.15, -0.1) is 11.3 Å². The van der Waals surface area contributed by atoms with Gasteiger partial charge in [0.2, 0.25) is 0 Å². The molecular weight excluding hydrogens is 900 g/mol. The van der Waals surface area contributed by atoms with Gasteiger partial charge in [-0.25, -0.2) is 0 Å². The summed E-state index contributed by atoms with van der Waals surface area (Å²) in [6.07, 6.45) is 0. The number of benzene rings is 9. The fourth-order valence-corrected chi connectivity index (χ4v) is 14.7. The van der Waals surface area contributed by atoms with E-state index in [1.54, 1.807) is 0 Å². The highest BCUT2D eigenvalue weighted by atomic mass is 32.1. The molecule has 0 fully saturated rings. The van der Waals surface area contributed by atoms with Crippen LogP contribution < -0.4 is 25.5 Å². The molecule has 0 amide bonds. The van der Waals surface area contributed by atoms with E-state index in [0.29, 0.717) is 5.92 Å². The maximum Gasteiger partial charge on any atom is 0.264 e. The normalized spacial score (nSPS) is 14.2. The molecule has 0 radical (unpaired) electrons. The number of anilines is 6. The molecule has 0 saturated heterocycles. The Kier molecular flexibility index (Phi) is 9.61. The van der Waals surface area contributed by atoms with Crippen molar-refractivity contribution < 1.29 is 0 Å². The summed E-state index contributed by atoms with van der Waals surface area (Å²) < 4.78 is 1.40. The first-order valence-electron chi connectivity index (χ1n) is 26.1. The van der Waals surface area contributed by atoms with Crippen LogP contribution >= 0.6 is 11.3 Å². The van der Waals surface area contributed by atoms with E-state index < -0.39 is 5.41 Å². The minimum atomic E-state index is -0.480. The molecule has 0 unspecified atom stereocenters. The van der Waals surface area contributed by atoms with Gasteiger partial charge in [-0.05, 0) is 158 Å². The van der Waals surface area contributed by atoms with E-state index in [0.717, 1.165) is 5.69 Å². The average molecular weight is 957 g/mol. The number of rotatable bonds is 5. The molecule has 4 heteroatoms. The first kappa shape index (κ1) is 44.1. The molecule has 0 bridgehead atoms. The lowest BCUT2D eigenvalue weighted by Crippen LogP contribution is -2.60. The Balaban J connectivity index is 1.11. The molecule has 2 nitrogen and oxygen atoms in total. The van der Waals surface area contributed by atoms with Crippen LogP contribution in [-0.4, -0.2) is 6.71 Å². The van der Waals surface area contributed by atoms with Gasteiger partial charge in [-0.3, -0.25) is 0 Å². The second-order valence-electron chi connectivity index (χ2n) is 22.5. The average Bonchev–Trinajstić information content (AvgIpc) is 4.03. The van der Waals surface area contributed by atoms with Crippen LogP contribution in [0.15, 0.2) is 194 Å². The molecule has 0 saturated carbocycles. The lowest BCUT2D eigenvalue weighted by molar-refractivity contribution is 0.590. The Morgan fingerprint density at radius 2 is 1.10 bits per heavy atom. The quantitative estimate of drug-likeness (QED) is 0.159. The molecule has 2 aliphatic heterocycles. The molecular formula is C69H57BN2S. The molecule has 352 valence electrons. The highest BCUT2D eigenvalue weighted by Gasteiger charge is 2.57. The number of nitrogens with zero attached hydrogens (tertiary/aromatic N) is 2. The molecule has 2 aliphatic carbocycles. The van der Waals surface area contributed by atoms with Gasteiger partial charge in [0, 0.05) is 43.7 Å². The largest absolute Gasteiger partial charge is 0.311 e. The van der Waals surface area contributed by atoms with E-state index in [9.17, 15) is 0 Å². The molecule has 4 aliphatic rings. The first-order chi connectivity index (χ1) is 35.4. The monoisotopic (exact) mass is 956 g/mol. The van der Waals surface area contributed by atoms with Gasteiger partial charge < -0.3 is 9.80 Å². The van der Waals surface area contributed by atoms with Crippen molar-refractivity contribution in [2.24, 2.45) is 0 Å². The minimum absolute atomic E-state index is 0.0168. The first-order valence-corrected chi connectivity index (χ1v) is 27.0. The van der Waals surface area contributed by atoms with Crippen LogP contribution in [0.3, 0.4) is 0 Å². The second kappa shape index (κ2) is 15.9. The lowest BCUT2D eigenvalue weighted by Gasteiger charge is -2.44. The third-order valence-electron chi connectivity index (χ3n) is 16.6. The highest BCUT2D eigenvalue weighted by Crippen LogP contribution is 2.67. The van der Waals surface area contributed by atoms with E-state index in [1.165, 1.54) is 138 Å². The summed E-state index contributed by atoms with van der Waals surface area (Å²) in [6.45, 7) is 18.3. The summed E-state index contributed by atoms with van der Waals surface area (Å²) in [4.78, 5) is 6.69. The van der Waals surface area contributed by atoms with Crippen molar-refractivity contribution in [3.05, 3.63) is 244 Å². The fraction of sp³-hybridized carbons (Fsp3) is 0.159. The lowest BCUT2D eigenvalue weighted by atomic mass is 9.36. The Hall–Kier alpha value is -7.66. The zero-order valence-corrected chi connectivity index (χ0v) is 43.7. The molecule has 3 heterocycles. The number of aryl methyl sites for hydroxylation is 3. The van der Waals surface area contributed by atoms with E-state index in [1.807, 2.05) is 0 Å². The molecule has 73 heavy (non-hydrogen) atoms. The van der Waals surface area contributed by atoms with Crippen LogP contribution in [0.2, 0.25) is 0 Å². The van der Waals surface area contributed by atoms with Crippen molar-refractivity contribution in [1.29, 1.82) is 0 Å². The zero-order chi connectivity index (χ0) is 49.7. The maximum atomic E-state index is 2.68. The molecule has 0 atom stereocenters. The number of hydrogen-bond donors (Lipinski definition) is 0. The Bertz CT molecular complexity index is 3860. The number of hydrogen-bond acceptors (Lipinski definition) is 3. The van der Waals surface area contributed by atoms with Crippen molar-refractivity contribution in [2.45, 2.75) is 72.1 Å². The van der Waals surface area contributed by atoms with Gasteiger partial charge in [0.25, 0.3) is 6.71 Å². The second-order valence-corrected chi connectivity index (χ2v) is 23.5. The molecule has 14 rings (SSSR count). The Morgan fingerprint density at radius 1 is 0.479 bits per heavy atom. The predicted octanol–water partition coefficient (Wildman–Crippen LogP) is 16.9. The van der Waals surface area contributed by atoms with E-state index in [2.05, 4.69) is 271 Å². The summed E-state index contributed by atoms with van der Waals surface area (Å²) in [6, 6.07) is 74.9. The van der Waals surface area contributed by atoms with Crippen LogP contribution in [-0.2, 0) is 10.8 Å². The Morgan fingerprint density at radius 3 is 1.78 bits per heavy atom. The molecule has 1 spiro atoms. The summed E-state index contributed by atoms with van der Waals surface area (Å²) in [5.41, 5.74) is 30.6. The van der Waals surface area contributed by atoms with Crippen molar-refractivity contribution in [3.63, 3.8) is 0 Å². The van der Waals surface area contributed by atoms with Crippen LogP contribution in [0.4, 0.5) is 34.1 Å². The topological polar surface area (TPSA) is 6.48 Å². The molecule has 10 aromatic rings. The molecule has 0 N–H and O–H groups in total.